The molecule has 0 aromatic heterocycles. The topological polar surface area (TPSA) is 75.6 Å². The van der Waals surface area contributed by atoms with Gasteiger partial charge in [-0.25, -0.2) is 4.39 Å². The third-order valence-electron chi connectivity index (χ3n) is 10.3. The molecule has 8 heteroatoms. The van der Waals surface area contributed by atoms with Crippen LogP contribution in [0.4, 0.5) is 4.39 Å². The van der Waals surface area contributed by atoms with Gasteiger partial charge in [-0.05, 0) is 82.1 Å². The third kappa shape index (κ3) is 10.3. The predicted molar refractivity (Wildman–Crippen MR) is 222 cm³/mol. The van der Waals surface area contributed by atoms with E-state index in [9.17, 15) is 9.50 Å². The molecule has 0 amide bonds. The Morgan fingerprint density at radius 3 is 1.74 bits per heavy atom. The normalized spacial score (nSPS) is 19.2. The van der Waals surface area contributed by atoms with E-state index in [2.05, 4.69) is 6.58 Å². The van der Waals surface area contributed by atoms with Crippen molar-refractivity contribution in [1.29, 1.82) is 0 Å². The van der Waals surface area contributed by atoms with Crippen molar-refractivity contribution in [2.75, 3.05) is 13.5 Å². The second-order valence-electron chi connectivity index (χ2n) is 14.4. The van der Waals surface area contributed by atoms with Gasteiger partial charge in [0.25, 0.3) is 0 Å². The van der Waals surface area contributed by atoms with Gasteiger partial charge in [-0.15, -0.1) is 0 Å². The van der Waals surface area contributed by atoms with Crippen LogP contribution in [-0.2, 0) is 57.6 Å². The molecule has 1 saturated heterocycles. The van der Waals surface area contributed by atoms with Crippen molar-refractivity contribution in [1.82, 2.24) is 0 Å². The number of halogens is 1. The van der Waals surface area contributed by atoms with E-state index >= 15 is 0 Å². The zero-order valence-electron chi connectivity index (χ0n) is 32.7. The lowest BCUT2D eigenvalue weighted by molar-refractivity contribution is -0.335. The summed E-state index contributed by atoms with van der Waals surface area (Å²) in [7, 11) is 0. The Hall–Kier alpha value is -5.61. The number of rotatable bonds is 18. The predicted octanol–water partition coefficient (Wildman–Crippen LogP) is 9.96. The number of aryl methyl sites for hydroxylation is 1. The maximum atomic E-state index is 13.5. The summed E-state index contributed by atoms with van der Waals surface area (Å²) in [5.41, 5.74) is 7.63. The smallest absolute Gasteiger partial charge is 0.228 e. The van der Waals surface area contributed by atoms with Crippen LogP contribution in [0, 0.1) is 6.92 Å². The van der Waals surface area contributed by atoms with Crippen LogP contribution in [-0.4, -0.2) is 36.9 Å². The molecule has 0 saturated carbocycles. The molecule has 1 fully saturated rings. The molecule has 0 spiro atoms. The van der Waals surface area contributed by atoms with Gasteiger partial charge in [-0.3, -0.25) is 0 Å². The van der Waals surface area contributed by atoms with Crippen molar-refractivity contribution in [2.45, 2.75) is 63.9 Å². The minimum absolute atomic E-state index is 0.0961. The van der Waals surface area contributed by atoms with Gasteiger partial charge in [-0.1, -0.05) is 140 Å². The van der Waals surface area contributed by atoms with Crippen molar-refractivity contribution in [3.05, 3.63) is 214 Å². The van der Waals surface area contributed by atoms with Gasteiger partial charge in [0.05, 0.1) is 32.0 Å². The Kier molecular flexibility index (Phi) is 13.8. The number of hydrogen-bond acceptors (Lipinski definition) is 7. The Morgan fingerprint density at radius 2 is 1.17 bits per heavy atom. The van der Waals surface area contributed by atoms with E-state index in [0.29, 0.717) is 35.7 Å². The lowest BCUT2D eigenvalue weighted by Crippen LogP contribution is -2.59. The summed E-state index contributed by atoms with van der Waals surface area (Å²) >= 11 is 0. The number of alkyl halides is 1. The van der Waals surface area contributed by atoms with Gasteiger partial charge in [0.15, 0.2) is 0 Å². The zero-order chi connectivity index (χ0) is 40.2. The molecule has 1 heterocycles. The van der Waals surface area contributed by atoms with Gasteiger partial charge in [-0.2, -0.15) is 0 Å². The van der Waals surface area contributed by atoms with Crippen LogP contribution < -0.4 is 9.47 Å². The van der Waals surface area contributed by atoms with Gasteiger partial charge < -0.3 is 33.5 Å². The molecule has 0 bridgehead atoms. The SMILES string of the molecule is C=C1[C@@H](COCc2ccccc2)OC(O)(c2cc(Cc3ccc(OCF)cc3)c(C)cc2OCc2ccccc2)[C@H](OCc2ccccc2)[C@H]1OCc1ccccc1. The molecule has 0 radical (unpaired) electrons. The van der Waals surface area contributed by atoms with Crippen LogP contribution in [0.15, 0.2) is 170 Å². The van der Waals surface area contributed by atoms with Crippen LogP contribution in [0.1, 0.15) is 44.5 Å². The fraction of sp³-hybridized carbons (Fsp3) is 0.240. The fourth-order valence-corrected chi connectivity index (χ4v) is 7.11. The second kappa shape index (κ2) is 19.7. The number of ether oxygens (including phenoxy) is 6. The molecule has 7 rings (SSSR count). The van der Waals surface area contributed by atoms with E-state index in [1.165, 1.54) is 0 Å². The highest BCUT2D eigenvalue weighted by atomic mass is 19.1. The van der Waals surface area contributed by atoms with Crippen molar-refractivity contribution in [3.63, 3.8) is 0 Å². The van der Waals surface area contributed by atoms with E-state index in [1.54, 1.807) is 12.1 Å². The summed E-state index contributed by atoms with van der Waals surface area (Å²) in [6, 6.07) is 50.6. The molecule has 1 N–H and O–H groups in total. The lowest BCUT2D eigenvalue weighted by atomic mass is 9.84. The fourth-order valence-electron chi connectivity index (χ4n) is 7.11. The Morgan fingerprint density at radius 1 is 0.638 bits per heavy atom. The summed E-state index contributed by atoms with van der Waals surface area (Å²) in [5, 5.41) is 13.5. The highest BCUT2D eigenvalue weighted by Crippen LogP contribution is 2.46. The number of hydrogen-bond donors (Lipinski definition) is 1. The van der Waals surface area contributed by atoms with Gasteiger partial charge in [0.1, 0.15) is 36.4 Å². The molecule has 1 unspecified atom stereocenters. The monoisotopic (exact) mass is 780 g/mol. The Balaban J connectivity index is 1.31. The van der Waals surface area contributed by atoms with Gasteiger partial charge in [0.2, 0.25) is 12.6 Å². The van der Waals surface area contributed by atoms with Gasteiger partial charge >= 0.3 is 0 Å². The Labute approximate surface area is 340 Å². The molecule has 7 nitrogen and oxygen atoms in total. The van der Waals surface area contributed by atoms with Crippen molar-refractivity contribution < 1.29 is 37.9 Å². The third-order valence-corrected chi connectivity index (χ3v) is 10.3. The van der Waals surface area contributed by atoms with Crippen molar-refractivity contribution in [3.8, 4) is 11.5 Å². The highest BCUT2D eigenvalue weighted by Gasteiger charge is 2.55. The highest BCUT2D eigenvalue weighted by molar-refractivity contribution is 5.48. The molecule has 1 aliphatic rings. The van der Waals surface area contributed by atoms with Crippen LogP contribution in [0.5, 0.6) is 11.5 Å². The zero-order valence-corrected chi connectivity index (χ0v) is 32.7. The number of benzene rings is 6. The maximum Gasteiger partial charge on any atom is 0.228 e. The van der Waals surface area contributed by atoms with Crippen molar-refractivity contribution >= 4 is 0 Å². The van der Waals surface area contributed by atoms with Crippen LogP contribution in [0.3, 0.4) is 0 Å². The van der Waals surface area contributed by atoms with Gasteiger partial charge in [0, 0.05) is 0 Å². The standard InChI is InChI=1S/C50H49FO7/c1-36-27-46(54-31-40-17-9-4-10-18-40)45(29-43(36)28-38-23-25-44(26-24-38)57-35-51)50(52)49(56-33-42-21-13-6-14-22-42)48(55-32-41-19-11-5-12-20-41)37(2)47(58-50)34-53-30-39-15-7-3-8-16-39/h3-27,29,47-49,52H,2,28,30-35H2,1H3/t47-,48+,49-,50?/m1/s1. The molecular weight excluding hydrogens is 732 g/mol. The summed E-state index contributed by atoms with van der Waals surface area (Å²) in [4.78, 5) is 0. The van der Waals surface area contributed by atoms with E-state index in [-0.39, 0.29) is 26.4 Å². The van der Waals surface area contributed by atoms with Crippen LogP contribution in [0.2, 0.25) is 0 Å². The average Bonchev–Trinajstić information content (AvgIpc) is 3.26. The molecule has 298 valence electrons. The van der Waals surface area contributed by atoms with E-state index in [1.807, 2.05) is 153 Å². The summed E-state index contributed by atoms with van der Waals surface area (Å²) in [6.45, 7) is 6.69. The second-order valence-corrected chi connectivity index (χ2v) is 14.4. The first kappa shape index (κ1) is 40.6. The van der Waals surface area contributed by atoms with Crippen LogP contribution in [0.25, 0.3) is 0 Å². The summed E-state index contributed by atoms with van der Waals surface area (Å²) in [6.07, 6.45) is -2.21. The maximum absolute atomic E-state index is 13.5. The molecule has 6 aromatic rings. The van der Waals surface area contributed by atoms with E-state index < -0.39 is 31.0 Å². The first-order chi connectivity index (χ1) is 28.4. The van der Waals surface area contributed by atoms with E-state index in [0.717, 1.165) is 38.9 Å². The average molecular weight is 781 g/mol. The minimum Gasteiger partial charge on any atom is -0.488 e. The minimum atomic E-state index is -2.12. The molecular formula is C50H49FO7. The van der Waals surface area contributed by atoms with Crippen LogP contribution >= 0.6 is 0 Å². The quantitative estimate of drug-likeness (QED) is 0.0871. The first-order valence-electron chi connectivity index (χ1n) is 19.5. The van der Waals surface area contributed by atoms with E-state index in [4.69, 9.17) is 28.4 Å². The summed E-state index contributed by atoms with van der Waals surface area (Å²) < 4.78 is 51.2. The largest absolute Gasteiger partial charge is 0.488 e. The summed E-state index contributed by atoms with van der Waals surface area (Å²) in [5.74, 6) is -1.24. The molecule has 6 aromatic carbocycles. The molecule has 58 heavy (non-hydrogen) atoms. The molecule has 1 aliphatic heterocycles. The van der Waals surface area contributed by atoms with Crippen molar-refractivity contribution in [2.24, 2.45) is 0 Å². The molecule has 4 atom stereocenters. The first-order valence-corrected chi connectivity index (χ1v) is 19.5. The number of aliphatic hydroxyl groups is 1. The lowest BCUT2D eigenvalue weighted by Gasteiger charge is -2.48. The Bertz CT molecular complexity index is 2180. The molecule has 0 aliphatic carbocycles.